The minimum absolute atomic E-state index is 0.0358. The molecule has 6 heteroatoms. The van der Waals surface area contributed by atoms with Crippen molar-refractivity contribution in [3.8, 4) is 5.75 Å². The molecule has 0 saturated heterocycles. The van der Waals surface area contributed by atoms with Crippen molar-refractivity contribution in [2.45, 2.75) is 33.6 Å². The fourth-order valence-electron chi connectivity index (χ4n) is 1.96. The smallest absolute Gasteiger partial charge is 0.303 e. The molecule has 0 aromatic heterocycles. The van der Waals surface area contributed by atoms with Gasteiger partial charge in [0.15, 0.2) is 11.6 Å². The summed E-state index contributed by atoms with van der Waals surface area (Å²) in [4.78, 5) is 22.6. The average Bonchev–Trinajstić information content (AvgIpc) is 2.30. The topological polar surface area (TPSA) is 75.6 Å². The van der Waals surface area contributed by atoms with Gasteiger partial charge in [-0.05, 0) is 24.5 Å². The number of amides is 1. The summed E-state index contributed by atoms with van der Waals surface area (Å²) in [6.45, 7) is 5.49. The van der Waals surface area contributed by atoms with Crippen LogP contribution in [0.25, 0.3) is 0 Å². The van der Waals surface area contributed by atoms with Crippen LogP contribution in [0.2, 0.25) is 0 Å². The summed E-state index contributed by atoms with van der Waals surface area (Å²) in [5.74, 6) is -1.74. The van der Waals surface area contributed by atoms with E-state index in [1.807, 2.05) is 0 Å². The summed E-state index contributed by atoms with van der Waals surface area (Å²) in [5, 5.41) is 11.3. The quantitative estimate of drug-likeness (QED) is 0.811. The van der Waals surface area contributed by atoms with E-state index in [1.165, 1.54) is 18.2 Å². The van der Waals surface area contributed by atoms with Crippen LogP contribution < -0.4 is 10.1 Å². The Kier molecular flexibility index (Phi) is 5.69. The number of halogens is 1. The van der Waals surface area contributed by atoms with Crippen LogP contribution in [0.5, 0.6) is 5.75 Å². The standard InChI is InChI=1S/C15H20FNO4/c1-4-21-12-6-5-10(7-11(12)16)17-13(18)8-15(2,3)9-14(19)20/h5-7H,4,8-9H2,1-3H3,(H,17,18)(H,19,20). The summed E-state index contributed by atoms with van der Waals surface area (Å²) in [5.41, 5.74) is -0.355. The lowest BCUT2D eigenvalue weighted by atomic mass is 9.85. The van der Waals surface area contributed by atoms with E-state index in [0.717, 1.165) is 0 Å². The van der Waals surface area contributed by atoms with Crippen LogP contribution in [0.3, 0.4) is 0 Å². The molecule has 116 valence electrons. The molecule has 0 atom stereocenters. The predicted octanol–water partition coefficient (Wildman–Crippen LogP) is 3.05. The number of aliphatic carboxylic acids is 1. The van der Waals surface area contributed by atoms with Crippen LogP contribution in [0.15, 0.2) is 18.2 Å². The second-order valence-electron chi connectivity index (χ2n) is 5.54. The highest BCUT2D eigenvalue weighted by molar-refractivity contribution is 5.91. The Morgan fingerprint density at radius 2 is 2.00 bits per heavy atom. The monoisotopic (exact) mass is 297 g/mol. The molecular weight excluding hydrogens is 277 g/mol. The van der Waals surface area contributed by atoms with Gasteiger partial charge in [-0.25, -0.2) is 4.39 Å². The van der Waals surface area contributed by atoms with E-state index >= 15 is 0 Å². The molecule has 0 aliphatic carbocycles. The Morgan fingerprint density at radius 3 is 2.52 bits per heavy atom. The van der Waals surface area contributed by atoms with Gasteiger partial charge >= 0.3 is 5.97 Å². The fourth-order valence-corrected chi connectivity index (χ4v) is 1.96. The van der Waals surface area contributed by atoms with E-state index < -0.39 is 17.2 Å². The van der Waals surface area contributed by atoms with Gasteiger partial charge in [-0.15, -0.1) is 0 Å². The molecule has 1 rings (SSSR count). The van der Waals surface area contributed by atoms with Gasteiger partial charge < -0.3 is 15.2 Å². The van der Waals surface area contributed by atoms with Crippen molar-refractivity contribution in [3.05, 3.63) is 24.0 Å². The van der Waals surface area contributed by atoms with Crippen molar-refractivity contribution in [2.75, 3.05) is 11.9 Å². The van der Waals surface area contributed by atoms with Gasteiger partial charge in [-0.1, -0.05) is 13.8 Å². The molecule has 0 bridgehead atoms. The maximum Gasteiger partial charge on any atom is 0.303 e. The molecule has 0 aliphatic rings. The maximum atomic E-state index is 13.6. The van der Waals surface area contributed by atoms with Crippen LogP contribution in [0.1, 0.15) is 33.6 Å². The van der Waals surface area contributed by atoms with Gasteiger partial charge in [0.1, 0.15) is 0 Å². The Labute approximate surface area is 123 Å². The summed E-state index contributed by atoms with van der Waals surface area (Å²) >= 11 is 0. The van der Waals surface area contributed by atoms with Gasteiger partial charge in [0.05, 0.1) is 13.0 Å². The number of carbonyl (C=O) groups is 2. The fraction of sp³-hybridized carbons (Fsp3) is 0.467. The SMILES string of the molecule is CCOc1ccc(NC(=O)CC(C)(C)CC(=O)O)cc1F. The number of hydrogen-bond donors (Lipinski definition) is 2. The van der Waals surface area contributed by atoms with Crippen molar-refractivity contribution in [3.63, 3.8) is 0 Å². The second-order valence-corrected chi connectivity index (χ2v) is 5.54. The number of hydrogen-bond acceptors (Lipinski definition) is 3. The highest BCUT2D eigenvalue weighted by Gasteiger charge is 2.25. The summed E-state index contributed by atoms with van der Waals surface area (Å²) in [6.07, 6.45) is -0.0772. The third-order valence-corrected chi connectivity index (χ3v) is 2.78. The van der Waals surface area contributed by atoms with Crippen LogP contribution in [0.4, 0.5) is 10.1 Å². The zero-order chi connectivity index (χ0) is 16.0. The first-order valence-electron chi connectivity index (χ1n) is 6.67. The highest BCUT2D eigenvalue weighted by Crippen LogP contribution is 2.26. The zero-order valence-corrected chi connectivity index (χ0v) is 12.4. The molecule has 1 amide bonds. The van der Waals surface area contributed by atoms with Crippen LogP contribution in [0, 0.1) is 11.2 Å². The van der Waals surface area contributed by atoms with E-state index in [1.54, 1.807) is 20.8 Å². The Morgan fingerprint density at radius 1 is 1.33 bits per heavy atom. The largest absolute Gasteiger partial charge is 0.491 e. The van der Waals surface area contributed by atoms with Crippen molar-refractivity contribution in [2.24, 2.45) is 5.41 Å². The van der Waals surface area contributed by atoms with Crippen molar-refractivity contribution in [1.82, 2.24) is 0 Å². The van der Waals surface area contributed by atoms with Crippen molar-refractivity contribution in [1.29, 1.82) is 0 Å². The first-order valence-corrected chi connectivity index (χ1v) is 6.67. The Hall–Kier alpha value is -2.11. The molecule has 0 heterocycles. The molecule has 0 aliphatic heterocycles. The number of benzene rings is 1. The van der Waals surface area contributed by atoms with Crippen molar-refractivity contribution >= 4 is 17.6 Å². The molecule has 1 aromatic rings. The van der Waals surface area contributed by atoms with Crippen molar-refractivity contribution < 1.29 is 23.8 Å². The predicted molar refractivity (Wildman–Crippen MR) is 76.8 cm³/mol. The molecular formula is C15H20FNO4. The number of carboxylic acid groups (broad SMARTS) is 1. The Balaban J connectivity index is 2.67. The Bertz CT molecular complexity index is 528. The van der Waals surface area contributed by atoms with Crippen LogP contribution in [-0.4, -0.2) is 23.6 Å². The molecule has 0 saturated carbocycles. The summed E-state index contributed by atoms with van der Waals surface area (Å²) in [6, 6.07) is 4.15. The van der Waals surface area contributed by atoms with Gasteiger partial charge in [0.25, 0.3) is 0 Å². The van der Waals surface area contributed by atoms with Gasteiger partial charge in [0, 0.05) is 18.2 Å². The molecule has 21 heavy (non-hydrogen) atoms. The number of carboxylic acids is 1. The molecule has 0 spiro atoms. The molecule has 0 radical (unpaired) electrons. The van der Waals surface area contributed by atoms with Gasteiger partial charge in [-0.2, -0.15) is 0 Å². The van der Waals surface area contributed by atoms with Crippen LogP contribution in [-0.2, 0) is 9.59 Å². The number of rotatable bonds is 7. The number of anilines is 1. The third-order valence-electron chi connectivity index (χ3n) is 2.78. The number of nitrogens with one attached hydrogen (secondary N) is 1. The van der Waals surface area contributed by atoms with Gasteiger partial charge in [-0.3, -0.25) is 9.59 Å². The second kappa shape index (κ2) is 7.06. The van der Waals surface area contributed by atoms with E-state index in [2.05, 4.69) is 5.32 Å². The van der Waals surface area contributed by atoms with E-state index in [0.29, 0.717) is 12.3 Å². The first kappa shape index (κ1) is 16.9. The summed E-state index contributed by atoms with van der Waals surface area (Å²) < 4.78 is 18.7. The molecule has 5 nitrogen and oxygen atoms in total. The zero-order valence-electron chi connectivity index (χ0n) is 12.4. The van der Waals surface area contributed by atoms with E-state index in [9.17, 15) is 14.0 Å². The maximum absolute atomic E-state index is 13.6. The van der Waals surface area contributed by atoms with Gasteiger partial charge in [0.2, 0.25) is 5.91 Å². The summed E-state index contributed by atoms with van der Waals surface area (Å²) in [7, 11) is 0. The molecule has 0 unspecified atom stereocenters. The number of ether oxygens (including phenoxy) is 1. The minimum atomic E-state index is -0.958. The lowest BCUT2D eigenvalue weighted by molar-refractivity contribution is -0.139. The molecule has 1 aromatic carbocycles. The molecule has 0 fully saturated rings. The van der Waals surface area contributed by atoms with E-state index in [4.69, 9.17) is 9.84 Å². The first-order chi connectivity index (χ1) is 9.73. The van der Waals surface area contributed by atoms with E-state index in [-0.39, 0.29) is 24.5 Å². The lowest BCUT2D eigenvalue weighted by Gasteiger charge is -2.21. The minimum Gasteiger partial charge on any atom is -0.491 e. The highest BCUT2D eigenvalue weighted by atomic mass is 19.1. The molecule has 2 N–H and O–H groups in total. The average molecular weight is 297 g/mol. The lowest BCUT2D eigenvalue weighted by Crippen LogP contribution is -2.24. The van der Waals surface area contributed by atoms with Crippen LogP contribution >= 0.6 is 0 Å². The third kappa shape index (κ3) is 5.81. The number of carbonyl (C=O) groups excluding carboxylic acids is 1. The normalized spacial score (nSPS) is 11.0.